The molecule has 3 aromatic carbocycles. The molecule has 1 aliphatic heterocycles. The van der Waals surface area contributed by atoms with Crippen molar-refractivity contribution in [3.63, 3.8) is 0 Å². The largest absolute Gasteiger partial charge is 0.493 e. The topological polar surface area (TPSA) is 103 Å². The van der Waals surface area contributed by atoms with Gasteiger partial charge in [-0.15, -0.1) is 0 Å². The summed E-state index contributed by atoms with van der Waals surface area (Å²) in [5.74, 6) is 1.15. The molecule has 0 radical (unpaired) electrons. The predicted octanol–water partition coefficient (Wildman–Crippen LogP) is 5.80. The maximum Gasteiger partial charge on any atom is 0.255 e. The monoisotopic (exact) mass is 550 g/mol. The first-order chi connectivity index (χ1) is 18.4. The van der Waals surface area contributed by atoms with E-state index in [0.29, 0.717) is 38.8 Å². The summed E-state index contributed by atoms with van der Waals surface area (Å²) in [5, 5.41) is 19.2. The second kappa shape index (κ2) is 10.7. The van der Waals surface area contributed by atoms with Gasteiger partial charge in [0, 0.05) is 27.0 Å². The minimum atomic E-state index is -0.612. The van der Waals surface area contributed by atoms with Gasteiger partial charge in [-0.25, -0.2) is 0 Å². The van der Waals surface area contributed by atoms with Gasteiger partial charge < -0.3 is 20.1 Å². The number of nitrogens with one attached hydrogen (secondary N) is 2. The first-order valence-corrected chi connectivity index (χ1v) is 12.5. The Hall–Kier alpha value is -4.08. The van der Waals surface area contributed by atoms with Crippen LogP contribution in [0.3, 0.4) is 0 Å². The normalized spacial score (nSPS) is 14.5. The Morgan fingerprint density at radius 3 is 2.66 bits per heavy atom. The molecule has 0 saturated heterocycles. The summed E-state index contributed by atoms with van der Waals surface area (Å²) >= 11 is 12.3. The van der Waals surface area contributed by atoms with Crippen LogP contribution in [0.5, 0.6) is 11.5 Å². The molecule has 0 fully saturated rings. The molecular formula is C27H24Cl2N6O3. The number of hydrogen-bond donors (Lipinski definition) is 2. The number of benzene rings is 3. The predicted molar refractivity (Wildman–Crippen MR) is 146 cm³/mol. The molecule has 9 nitrogen and oxygen atoms in total. The highest BCUT2D eigenvalue weighted by Gasteiger charge is 2.34. The van der Waals surface area contributed by atoms with E-state index in [2.05, 4.69) is 26.2 Å². The van der Waals surface area contributed by atoms with Gasteiger partial charge in [0.05, 0.1) is 12.7 Å². The first kappa shape index (κ1) is 25.6. The number of aryl methyl sites for hydroxylation is 1. The summed E-state index contributed by atoms with van der Waals surface area (Å²) in [6.45, 7) is 3.98. The van der Waals surface area contributed by atoms with Crippen molar-refractivity contribution in [3.8, 4) is 11.5 Å². The van der Waals surface area contributed by atoms with E-state index in [1.165, 1.54) is 0 Å². The molecule has 2 heterocycles. The Morgan fingerprint density at radius 1 is 1.08 bits per heavy atom. The van der Waals surface area contributed by atoms with E-state index in [9.17, 15) is 4.79 Å². The molecule has 4 aromatic rings. The molecule has 0 spiro atoms. The fourth-order valence-corrected chi connectivity index (χ4v) is 4.75. The van der Waals surface area contributed by atoms with Crippen LogP contribution >= 0.6 is 23.2 Å². The van der Waals surface area contributed by atoms with E-state index < -0.39 is 6.04 Å². The third-order valence-corrected chi connectivity index (χ3v) is 6.84. The van der Waals surface area contributed by atoms with Crippen LogP contribution in [0.15, 0.2) is 71.9 Å². The Bertz CT molecular complexity index is 1550. The fraction of sp³-hybridized carbons (Fsp3) is 0.185. The van der Waals surface area contributed by atoms with E-state index >= 15 is 0 Å². The van der Waals surface area contributed by atoms with Gasteiger partial charge in [0.15, 0.2) is 11.5 Å². The van der Waals surface area contributed by atoms with Gasteiger partial charge in [-0.3, -0.25) is 4.79 Å². The first-order valence-electron chi connectivity index (χ1n) is 11.7. The molecule has 5 rings (SSSR count). The van der Waals surface area contributed by atoms with Gasteiger partial charge in [0.25, 0.3) is 5.91 Å². The van der Waals surface area contributed by atoms with Crippen molar-refractivity contribution < 1.29 is 14.3 Å². The number of aromatic nitrogens is 4. The van der Waals surface area contributed by atoms with E-state index in [1.54, 1.807) is 30.0 Å². The molecular weight excluding hydrogens is 527 g/mol. The van der Waals surface area contributed by atoms with Crippen molar-refractivity contribution in [1.82, 2.24) is 20.2 Å². The van der Waals surface area contributed by atoms with Gasteiger partial charge in [-0.05, 0) is 65.7 Å². The number of tetrazole rings is 1. The number of fused-ring (bicyclic) bond motifs is 1. The van der Waals surface area contributed by atoms with E-state index in [1.807, 2.05) is 56.3 Å². The lowest BCUT2D eigenvalue weighted by Crippen LogP contribution is -2.31. The average Bonchev–Trinajstić information content (AvgIpc) is 3.36. The minimum Gasteiger partial charge on any atom is -0.493 e. The van der Waals surface area contributed by atoms with Gasteiger partial charge in [0.2, 0.25) is 5.95 Å². The molecule has 1 amide bonds. The van der Waals surface area contributed by atoms with Crippen molar-refractivity contribution >= 4 is 40.7 Å². The third kappa shape index (κ3) is 5.03. The number of halogens is 2. The third-order valence-electron chi connectivity index (χ3n) is 6.25. The fourth-order valence-electron chi connectivity index (χ4n) is 4.29. The van der Waals surface area contributed by atoms with Crippen LogP contribution < -0.4 is 20.1 Å². The SMILES string of the molecule is COc1cc(C2C(C(=O)Nc3ccccc3C)=C(C)Nc3nnnn32)ccc1OCc1ccc(Cl)cc1Cl. The quantitative estimate of drug-likeness (QED) is 0.299. The van der Waals surface area contributed by atoms with Crippen molar-refractivity contribution in [2.45, 2.75) is 26.5 Å². The van der Waals surface area contributed by atoms with Crippen LogP contribution in [0.25, 0.3) is 0 Å². The van der Waals surface area contributed by atoms with E-state index in [-0.39, 0.29) is 12.5 Å². The number of ether oxygens (including phenoxy) is 2. The Labute approximate surface area is 229 Å². The number of carbonyl (C=O) groups is 1. The number of allylic oxidation sites excluding steroid dienone is 1. The number of para-hydroxylation sites is 1. The smallest absolute Gasteiger partial charge is 0.255 e. The van der Waals surface area contributed by atoms with Crippen molar-refractivity contribution in [2.75, 3.05) is 17.7 Å². The second-order valence-electron chi connectivity index (χ2n) is 8.72. The maximum absolute atomic E-state index is 13.6. The summed E-state index contributed by atoms with van der Waals surface area (Å²) in [6.07, 6.45) is 0. The molecule has 1 aliphatic rings. The highest BCUT2D eigenvalue weighted by molar-refractivity contribution is 6.35. The number of hydrogen-bond acceptors (Lipinski definition) is 7. The number of anilines is 2. The Balaban J connectivity index is 1.48. The van der Waals surface area contributed by atoms with Gasteiger partial charge in [-0.2, -0.15) is 4.68 Å². The lowest BCUT2D eigenvalue weighted by Gasteiger charge is -2.28. The van der Waals surface area contributed by atoms with Crippen LogP contribution in [0, 0.1) is 6.92 Å². The minimum absolute atomic E-state index is 0.222. The van der Waals surface area contributed by atoms with Crippen molar-refractivity contribution in [3.05, 3.63) is 98.7 Å². The second-order valence-corrected chi connectivity index (χ2v) is 9.56. The van der Waals surface area contributed by atoms with Crippen LogP contribution in [0.1, 0.15) is 29.7 Å². The van der Waals surface area contributed by atoms with Crippen LogP contribution in [-0.4, -0.2) is 33.2 Å². The average molecular weight is 551 g/mol. The molecule has 11 heteroatoms. The van der Waals surface area contributed by atoms with Gasteiger partial charge >= 0.3 is 0 Å². The van der Waals surface area contributed by atoms with E-state index in [4.69, 9.17) is 32.7 Å². The van der Waals surface area contributed by atoms with E-state index in [0.717, 1.165) is 22.4 Å². The molecule has 1 atom stereocenters. The lowest BCUT2D eigenvalue weighted by molar-refractivity contribution is -0.113. The zero-order chi connectivity index (χ0) is 26.8. The molecule has 0 saturated carbocycles. The van der Waals surface area contributed by atoms with Crippen molar-refractivity contribution in [2.24, 2.45) is 0 Å². The molecule has 1 aromatic heterocycles. The van der Waals surface area contributed by atoms with Crippen molar-refractivity contribution in [1.29, 1.82) is 0 Å². The zero-order valence-corrected chi connectivity index (χ0v) is 22.3. The van der Waals surface area contributed by atoms with Crippen LogP contribution in [0.4, 0.5) is 11.6 Å². The molecule has 2 N–H and O–H groups in total. The van der Waals surface area contributed by atoms with Crippen LogP contribution in [0.2, 0.25) is 10.0 Å². The highest BCUT2D eigenvalue weighted by Crippen LogP contribution is 2.39. The van der Waals surface area contributed by atoms with Gasteiger partial charge in [0.1, 0.15) is 12.6 Å². The molecule has 0 aliphatic carbocycles. The summed E-state index contributed by atoms with van der Waals surface area (Å²) in [7, 11) is 1.55. The molecule has 0 bridgehead atoms. The van der Waals surface area contributed by atoms with Crippen LogP contribution in [-0.2, 0) is 11.4 Å². The standard InChI is InChI=1S/C27H24Cl2N6O3/c1-15-6-4-5-7-21(15)31-26(36)24-16(2)30-27-32-33-34-35(27)25(24)17-9-11-22(23(12-17)37-3)38-14-18-8-10-19(28)13-20(18)29/h4-13,25H,14H2,1-3H3,(H,31,36)(H,30,32,34). The number of carbonyl (C=O) groups excluding carboxylic acids is 1. The molecule has 194 valence electrons. The summed E-state index contributed by atoms with van der Waals surface area (Å²) in [5.41, 5.74) is 4.31. The molecule has 38 heavy (non-hydrogen) atoms. The summed E-state index contributed by atoms with van der Waals surface area (Å²) in [4.78, 5) is 13.6. The number of amides is 1. The number of rotatable bonds is 7. The summed E-state index contributed by atoms with van der Waals surface area (Å²) in [6, 6.07) is 17.7. The maximum atomic E-state index is 13.6. The lowest BCUT2D eigenvalue weighted by atomic mass is 9.94. The highest BCUT2D eigenvalue weighted by atomic mass is 35.5. The Kier molecular flexibility index (Phi) is 7.22. The molecule has 1 unspecified atom stereocenters. The number of methoxy groups -OCH3 is 1. The Morgan fingerprint density at radius 2 is 1.89 bits per heavy atom. The number of nitrogens with zero attached hydrogens (tertiary/aromatic N) is 4. The zero-order valence-electron chi connectivity index (χ0n) is 20.8. The van der Waals surface area contributed by atoms with Gasteiger partial charge in [-0.1, -0.05) is 58.6 Å². The summed E-state index contributed by atoms with van der Waals surface area (Å²) < 4.78 is 13.2.